The number of amides is 1. The quantitative estimate of drug-likeness (QED) is 0.822. The van der Waals surface area contributed by atoms with Crippen molar-refractivity contribution in [3.8, 4) is 0 Å². The number of hydrogen-bond acceptors (Lipinski definition) is 3. The lowest BCUT2D eigenvalue weighted by Crippen LogP contribution is -2.50. The summed E-state index contributed by atoms with van der Waals surface area (Å²) >= 11 is 3.52. The summed E-state index contributed by atoms with van der Waals surface area (Å²) < 4.78 is 6.18. The Balaban J connectivity index is 2.20. The van der Waals surface area contributed by atoms with E-state index >= 15 is 0 Å². The zero-order valence-corrected chi connectivity index (χ0v) is 14.3. The summed E-state index contributed by atoms with van der Waals surface area (Å²) in [6, 6.07) is 5.80. The second-order valence-corrected chi connectivity index (χ2v) is 6.37. The number of anilines is 1. The summed E-state index contributed by atoms with van der Waals surface area (Å²) in [4.78, 5) is 12.8. The van der Waals surface area contributed by atoms with E-state index in [1.54, 1.807) is 7.11 Å². The molecule has 1 unspecified atom stereocenters. The van der Waals surface area contributed by atoms with Gasteiger partial charge >= 0.3 is 0 Å². The predicted molar refractivity (Wildman–Crippen MR) is 88.4 cm³/mol. The first kappa shape index (κ1) is 16.5. The van der Waals surface area contributed by atoms with Crippen LogP contribution in [-0.2, 0) is 16.1 Å². The van der Waals surface area contributed by atoms with Gasteiger partial charge in [0.1, 0.15) is 0 Å². The van der Waals surface area contributed by atoms with Gasteiger partial charge in [0.05, 0.1) is 12.1 Å². The molecule has 1 fully saturated rings. The normalized spacial score (nSPS) is 21.5. The number of nitrogens with one attached hydrogen (secondary N) is 2. The molecule has 1 aromatic rings. The van der Waals surface area contributed by atoms with Gasteiger partial charge in [-0.25, -0.2) is 0 Å². The molecule has 0 aromatic heterocycles. The number of hydrogen-bond donors (Lipinski definition) is 2. The van der Waals surface area contributed by atoms with Gasteiger partial charge in [0.2, 0.25) is 5.91 Å². The molecule has 0 spiro atoms. The Morgan fingerprint density at radius 3 is 2.95 bits per heavy atom. The fraction of sp³-hybridized carbons (Fsp3) is 0.562. The molecule has 1 aliphatic heterocycles. The average Bonchev–Trinajstić information content (AvgIpc) is 2.93. The van der Waals surface area contributed by atoms with Crippen LogP contribution in [0.4, 0.5) is 5.69 Å². The standard InChI is InChI=1S/C16H23BrN2O2/c1-3-8-16(9-5-10-18-16)15(20)19-14-7-4-6-13(17)12(14)11-21-2/h4,6-7,18H,3,5,8-11H2,1-2H3,(H,19,20). The fourth-order valence-electron chi connectivity index (χ4n) is 2.96. The first-order valence-electron chi connectivity index (χ1n) is 7.46. The van der Waals surface area contributed by atoms with Gasteiger partial charge in [-0.15, -0.1) is 0 Å². The van der Waals surface area contributed by atoms with Crippen molar-refractivity contribution in [3.05, 3.63) is 28.2 Å². The maximum absolute atomic E-state index is 12.8. The van der Waals surface area contributed by atoms with Gasteiger partial charge < -0.3 is 15.4 Å². The molecule has 1 aliphatic rings. The van der Waals surface area contributed by atoms with Crippen LogP contribution in [0.5, 0.6) is 0 Å². The molecular formula is C16H23BrN2O2. The van der Waals surface area contributed by atoms with E-state index in [9.17, 15) is 4.79 Å². The zero-order valence-electron chi connectivity index (χ0n) is 12.7. The lowest BCUT2D eigenvalue weighted by Gasteiger charge is -2.28. The Kier molecular flexibility index (Phi) is 5.79. The zero-order chi connectivity index (χ0) is 15.3. The number of ether oxygens (including phenoxy) is 1. The SMILES string of the molecule is CCCC1(C(=O)Nc2cccc(Br)c2COC)CCCN1. The van der Waals surface area contributed by atoms with Crippen molar-refractivity contribution < 1.29 is 9.53 Å². The third-order valence-electron chi connectivity index (χ3n) is 4.01. The molecule has 1 heterocycles. The Hall–Kier alpha value is -0.910. The summed E-state index contributed by atoms with van der Waals surface area (Å²) in [7, 11) is 1.65. The molecule has 1 saturated heterocycles. The van der Waals surface area contributed by atoms with Gasteiger partial charge in [0.25, 0.3) is 0 Å². The number of halogens is 1. The van der Waals surface area contributed by atoms with Crippen LogP contribution in [0.3, 0.4) is 0 Å². The molecule has 4 nitrogen and oxygen atoms in total. The van der Waals surface area contributed by atoms with Crippen molar-refractivity contribution in [3.63, 3.8) is 0 Å². The van der Waals surface area contributed by atoms with Crippen molar-refractivity contribution in [1.82, 2.24) is 5.32 Å². The van der Waals surface area contributed by atoms with E-state index < -0.39 is 5.54 Å². The van der Waals surface area contributed by atoms with Crippen LogP contribution < -0.4 is 10.6 Å². The minimum atomic E-state index is -0.415. The Morgan fingerprint density at radius 1 is 1.52 bits per heavy atom. The monoisotopic (exact) mass is 354 g/mol. The molecule has 1 amide bonds. The molecule has 0 radical (unpaired) electrons. The van der Waals surface area contributed by atoms with Crippen LogP contribution >= 0.6 is 15.9 Å². The highest BCUT2D eigenvalue weighted by atomic mass is 79.9. The Bertz CT molecular complexity index is 499. The van der Waals surface area contributed by atoms with Crippen molar-refractivity contribution in [1.29, 1.82) is 0 Å². The van der Waals surface area contributed by atoms with E-state index in [1.165, 1.54) is 0 Å². The average molecular weight is 355 g/mol. The minimum absolute atomic E-state index is 0.0669. The third-order valence-corrected chi connectivity index (χ3v) is 4.75. The van der Waals surface area contributed by atoms with E-state index in [-0.39, 0.29) is 5.91 Å². The van der Waals surface area contributed by atoms with Gasteiger partial charge in [-0.2, -0.15) is 0 Å². The van der Waals surface area contributed by atoms with Gasteiger partial charge in [0, 0.05) is 22.8 Å². The van der Waals surface area contributed by atoms with Gasteiger partial charge in [-0.05, 0) is 37.9 Å². The number of benzene rings is 1. The Morgan fingerprint density at radius 2 is 2.33 bits per heavy atom. The molecule has 2 N–H and O–H groups in total. The highest BCUT2D eigenvalue weighted by Gasteiger charge is 2.40. The number of rotatable bonds is 6. The number of methoxy groups -OCH3 is 1. The van der Waals surface area contributed by atoms with Gasteiger partial charge in [-0.3, -0.25) is 4.79 Å². The van der Waals surface area contributed by atoms with Crippen molar-refractivity contribution >= 4 is 27.5 Å². The first-order chi connectivity index (χ1) is 10.1. The van der Waals surface area contributed by atoms with Crippen LogP contribution in [0.1, 0.15) is 38.2 Å². The predicted octanol–water partition coefficient (Wildman–Crippen LogP) is 3.46. The fourth-order valence-corrected chi connectivity index (χ4v) is 3.44. The summed E-state index contributed by atoms with van der Waals surface area (Å²) in [5.74, 6) is 0.0669. The molecule has 2 rings (SSSR count). The second-order valence-electron chi connectivity index (χ2n) is 5.52. The van der Waals surface area contributed by atoms with Crippen molar-refractivity contribution in [2.45, 2.75) is 44.8 Å². The lowest BCUT2D eigenvalue weighted by molar-refractivity contribution is -0.122. The summed E-state index contributed by atoms with van der Waals surface area (Å²) in [5, 5.41) is 6.49. The molecule has 1 atom stereocenters. The molecular weight excluding hydrogens is 332 g/mol. The van der Waals surface area contributed by atoms with Crippen LogP contribution in [-0.4, -0.2) is 25.1 Å². The summed E-state index contributed by atoms with van der Waals surface area (Å²) in [6.07, 6.45) is 3.81. The van der Waals surface area contributed by atoms with Crippen molar-refractivity contribution in [2.75, 3.05) is 19.0 Å². The molecule has 0 saturated carbocycles. The van der Waals surface area contributed by atoms with Gasteiger partial charge in [0.15, 0.2) is 0 Å². The largest absolute Gasteiger partial charge is 0.380 e. The minimum Gasteiger partial charge on any atom is -0.380 e. The van der Waals surface area contributed by atoms with Crippen molar-refractivity contribution in [2.24, 2.45) is 0 Å². The first-order valence-corrected chi connectivity index (χ1v) is 8.25. The van der Waals surface area contributed by atoms with E-state index in [1.807, 2.05) is 18.2 Å². The van der Waals surface area contributed by atoms with Crippen LogP contribution in [0.25, 0.3) is 0 Å². The molecule has 0 aliphatic carbocycles. The van der Waals surface area contributed by atoms with Crippen LogP contribution in [0.2, 0.25) is 0 Å². The lowest BCUT2D eigenvalue weighted by atomic mass is 9.90. The molecule has 1 aromatic carbocycles. The smallest absolute Gasteiger partial charge is 0.244 e. The van der Waals surface area contributed by atoms with E-state index in [0.29, 0.717) is 6.61 Å². The van der Waals surface area contributed by atoms with Gasteiger partial charge in [-0.1, -0.05) is 35.3 Å². The number of carbonyl (C=O) groups excluding carboxylic acids is 1. The molecule has 116 valence electrons. The van der Waals surface area contributed by atoms with E-state index in [2.05, 4.69) is 33.5 Å². The highest BCUT2D eigenvalue weighted by molar-refractivity contribution is 9.10. The molecule has 5 heteroatoms. The maximum atomic E-state index is 12.8. The topological polar surface area (TPSA) is 50.4 Å². The maximum Gasteiger partial charge on any atom is 0.244 e. The highest BCUT2D eigenvalue weighted by Crippen LogP contribution is 2.30. The summed E-state index contributed by atoms with van der Waals surface area (Å²) in [5.41, 5.74) is 1.37. The Labute approximate surface area is 134 Å². The van der Waals surface area contributed by atoms with Crippen LogP contribution in [0.15, 0.2) is 22.7 Å². The van der Waals surface area contributed by atoms with Crippen LogP contribution in [0, 0.1) is 0 Å². The second kappa shape index (κ2) is 7.38. The van der Waals surface area contributed by atoms with E-state index in [4.69, 9.17) is 4.74 Å². The van der Waals surface area contributed by atoms with E-state index in [0.717, 1.165) is 48.0 Å². The third kappa shape index (κ3) is 3.65. The summed E-state index contributed by atoms with van der Waals surface area (Å²) in [6.45, 7) is 3.49. The number of carbonyl (C=O) groups is 1. The molecule has 0 bridgehead atoms. The molecule has 21 heavy (non-hydrogen) atoms.